The van der Waals surface area contributed by atoms with Crippen molar-refractivity contribution in [2.45, 2.75) is 39.5 Å². The molecule has 1 amide bonds. The van der Waals surface area contributed by atoms with Gasteiger partial charge >= 0.3 is 0 Å². The standard InChI is InChI=1S/C28H37N5O5/c1-4-5-13-37-14-10-29-28(36)27-31-30-26(23-17-22(19(2)3)24(34)18-25(23)35)33(27)21-8-6-20(7-9-21)32-11-15-38-16-12-32/h6-9,17-19,34-35H,4-5,10-16H2,1-3H3,(H,29,36). The number of hydrogen-bond donors (Lipinski definition) is 3. The van der Waals surface area contributed by atoms with Gasteiger partial charge < -0.3 is 29.9 Å². The van der Waals surface area contributed by atoms with Gasteiger partial charge in [-0.2, -0.15) is 0 Å². The van der Waals surface area contributed by atoms with Crippen molar-refractivity contribution in [3.05, 3.63) is 47.8 Å². The molecule has 0 unspecified atom stereocenters. The van der Waals surface area contributed by atoms with E-state index in [0.29, 0.717) is 55.6 Å². The Kier molecular flexibility index (Phi) is 9.19. The van der Waals surface area contributed by atoms with Gasteiger partial charge in [0.25, 0.3) is 5.91 Å². The quantitative estimate of drug-likeness (QED) is 0.324. The zero-order valence-electron chi connectivity index (χ0n) is 22.3. The van der Waals surface area contributed by atoms with Crippen molar-refractivity contribution in [3.63, 3.8) is 0 Å². The molecule has 2 aromatic carbocycles. The van der Waals surface area contributed by atoms with Crippen molar-refractivity contribution >= 4 is 11.6 Å². The molecule has 3 aromatic rings. The number of phenols is 2. The van der Waals surface area contributed by atoms with Gasteiger partial charge in [0.1, 0.15) is 11.5 Å². The maximum absolute atomic E-state index is 13.2. The summed E-state index contributed by atoms with van der Waals surface area (Å²) >= 11 is 0. The van der Waals surface area contributed by atoms with Crippen molar-refractivity contribution in [2.24, 2.45) is 0 Å². The molecule has 204 valence electrons. The third-order valence-electron chi connectivity index (χ3n) is 6.53. The lowest BCUT2D eigenvalue weighted by molar-refractivity contribution is 0.0901. The number of benzene rings is 2. The Morgan fingerprint density at radius 3 is 2.45 bits per heavy atom. The lowest BCUT2D eigenvalue weighted by Crippen LogP contribution is -2.36. The summed E-state index contributed by atoms with van der Waals surface area (Å²) in [5.41, 5.74) is 2.75. The molecule has 1 aliphatic heterocycles. The number of anilines is 1. The highest BCUT2D eigenvalue weighted by atomic mass is 16.5. The Hall–Kier alpha value is -3.63. The minimum atomic E-state index is -0.401. The molecule has 0 spiro atoms. The summed E-state index contributed by atoms with van der Waals surface area (Å²) in [5, 5.41) is 32.5. The number of rotatable bonds is 11. The minimum absolute atomic E-state index is 0.00298. The molecule has 1 fully saturated rings. The lowest BCUT2D eigenvalue weighted by atomic mass is 9.98. The summed E-state index contributed by atoms with van der Waals surface area (Å²) < 4.78 is 12.6. The van der Waals surface area contributed by atoms with Gasteiger partial charge in [0.05, 0.1) is 25.4 Å². The Morgan fingerprint density at radius 2 is 1.76 bits per heavy atom. The van der Waals surface area contributed by atoms with E-state index in [9.17, 15) is 15.0 Å². The van der Waals surface area contributed by atoms with Crippen LogP contribution in [0.3, 0.4) is 0 Å². The number of aromatic nitrogens is 3. The minimum Gasteiger partial charge on any atom is -0.508 e. The van der Waals surface area contributed by atoms with Crippen LogP contribution in [0.2, 0.25) is 0 Å². The number of nitrogens with one attached hydrogen (secondary N) is 1. The van der Waals surface area contributed by atoms with Crippen molar-refractivity contribution in [3.8, 4) is 28.6 Å². The summed E-state index contributed by atoms with van der Waals surface area (Å²) in [6, 6.07) is 10.8. The molecule has 3 N–H and O–H groups in total. The third kappa shape index (κ3) is 6.25. The maximum Gasteiger partial charge on any atom is 0.289 e. The number of carbonyl (C=O) groups excluding carboxylic acids is 1. The van der Waals surface area contributed by atoms with Crippen LogP contribution in [0, 0.1) is 0 Å². The van der Waals surface area contributed by atoms with E-state index in [1.807, 2.05) is 38.1 Å². The van der Waals surface area contributed by atoms with Gasteiger partial charge in [-0.05, 0) is 48.2 Å². The van der Waals surface area contributed by atoms with E-state index in [2.05, 4.69) is 27.3 Å². The van der Waals surface area contributed by atoms with Crippen molar-refractivity contribution < 1.29 is 24.5 Å². The van der Waals surface area contributed by atoms with Gasteiger partial charge in [0, 0.05) is 43.7 Å². The number of carbonyl (C=O) groups is 1. The average Bonchev–Trinajstić information content (AvgIpc) is 3.36. The summed E-state index contributed by atoms with van der Waals surface area (Å²) in [7, 11) is 0. The van der Waals surface area contributed by atoms with E-state index in [-0.39, 0.29) is 23.2 Å². The van der Waals surface area contributed by atoms with Gasteiger partial charge in [-0.1, -0.05) is 27.2 Å². The van der Waals surface area contributed by atoms with Crippen molar-refractivity contribution in [1.29, 1.82) is 0 Å². The highest BCUT2D eigenvalue weighted by molar-refractivity contribution is 5.92. The molecule has 0 aliphatic carbocycles. The molecule has 1 aromatic heterocycles. The van der Waals surface area contributed by atoms with Crippen LogP contribution in [0.15, 0.2) is 36.4 Å². The van der Waals surface area contributed by atoms with Crippen LogP contribution in [0.5, 0.6) is 11.5 Å². The average molecular weight is 524 g/mol. The fraction of sp³-hybridized carbons (Fsp3) is 0.464. The fourth-order valence-electron chi connectivity index (χ4n) is 4.38. The third-order valence-corrected chi connectivity index (χ3v) is 6.53. The number of morpholine rings is 1. The van der Waals surface area contributed by atoms with Crippen LogP contribution in [0.1, 0.15) is 55.7 Å². The first-order chi connectivity index (χ1) is 18.4. The van der Waals surface area contributed by atoms with Crippen molar-refractivity contribution in [1.82, 2.24) is 20.1 Å². The summed E-state index contributed by atoms with van der Waals surface area (Å²) in [4.78, 5) is 15.4. The van der Waals surface area contributed by atoms with E-state index in [1.165, 1.54) is 6.07 Å². The van der Waals surface area contributed by atoms with Crippen LogP contribution in [0.25, 0.3) is 17.1 Å². The topological polar surface area (TPSA) is 122 Å². The molecule has 0 bridgehead atoms. The van der Waals surface area contributed by atoms with Gasteiger partial charge in [-0.3, -0.25) is 9.36 Å². The lowest BCUT2D eigenvalue weighted by Gasteiger charge is -2.29. The molecule has 0 atom stereocenters. The van der Waals surface area contributed by atoms with E-state index in [0.717, 1.165) is 31.6 Å². The first kappa shape index (κ1) is 27.4. The maximum atomic E-state index is 13.2. The number of aromatic hydroxyl groups is 2. The van der Waals surface area contributed by atoms with Crippen LogP contribution < -0.4 is 10.2 Å². The molecule has 10 nitrogen and oxygen atoms in total. The summed E-state index contributed by atoms with van der Waals surface area (Å²) in [6.07, 6.45) is 2.02. The van der Waals surface area contributed by atoms with Gasteiger partial charge in [0.2, 0.25) is 5.82 Å². The predicted molar refractivity (Wildman–Crippen MR) is 145 cm³/mol. The molecule has 1 saturated heterocycles. The van der Waals surface area contributed by atoms with Crippen LogP contribution >= 0.6 is 0 Å². The largest absolute Gasteiger partial charge is 0.508 e. The van der Waals surface area contributed by atoms with E-state index in [4.69, 9.17) is 9.47 Å². The predicted octanol–water partition coefficient (Wildman–Crippen LogP) is 3.85. The van der Waals surface area contributed by atoms with E-state index >= 15 is 0 Å². The number of amides is 1. The molecule has 0 radical (unpaired) electrons. The second-order valence-corrected chi connectivity index (χ2v) is 9.60. The second-order valence-electron chi connectivity index (χ2n) is 9.60. The number of hydrogen-bond acceptors (Lipinski definition) is 8. The summed E-state index contributed by atoms with van der Waals surface area (Å²) in [5.74, 6) is -0.152. The molecule has 4 rings (SSSR count). The number of ether oxygens (including phenoxy) is 2. The molecule has 0 saturated carbocycles. The van der Waals surface area contributed by atoms with Crippen LogP contribution in [0.4, 0.5) is 5.69 Å². The highest BCUT2D eigenvalue weighted by Crippen LogP contribution is 2.38. The van der Waals surface area contributed by atoms with Gasteiger partial charge in [0.15, 0.2) is 5.82 Å². The zero-order chi connectivity index (χ0) is 27.1. The number of nitrogens with zero attached hydrogens (tertiary/aromatic N) is 4. The first-order valence-electron chi connectivity index (χ1n) is 13.2. The second kappa shape index (κ2) is 12.7. The van der Waals surface area contributed by atoms with Crippen LogP contribution in [-0.2, 0) is 9.47 Å². The normalized spacial score (nSPS) is 13.7. The Bertz CT molecular complexity index is 1220. The number of phenolic OH excluding ortho intramolecular Hbond substituents is 2. The fourth-order valence-corrected chi connectivity index (χ4v) is 4.38. The SMILES string of the molecule is CCCCOCCNC(=O)c1nnc(-c2cc(C(C)C)c(O)cc2O)n1-c1ccc(N2CCOCC2)cc1. The molecule has 10 heteroatoms. The molecule has 38 heavy (non-hydrogen) atoms. The van der Waals surface area contributed by atoms with Crippen molar-refractivity contribution in [2.75, 3.05) is 51.0 Å². The Morgan fingerprint density at radius 1 is 1.05 bits per heavy atom. The molecule has 2 heterocycles. The van der Waals surface area contributed by atoms with E-state index < -0.39 is 5.91 Å². The Labute approximate surface area is 223 Å². The number of unbranched alkanes of at least 4 members (excludes halogenated alkanes) is 1. The molecule has 1 aliphatic rings. The molecular weight excluding hydrogens is 486 g/mol. The smallest absolute Gasteiger partial charge is 0.289 e. The monoisotopic (exact) mass is 523 g/mol. The van der Waals surface area contributed by atoms with Crippen LogP contribution in [-0.4, -0.2) is 76.9 Å². The van der Waals surface area contributed by atoms with Gasteiger partial charge in [-0.15, -0.1) is 10.2 Å². The van der Waals surface area contributed by atoms with E-state index in [1.54, 1.807) is 10.6 Å². The first-order valence-corrected chi connectivity index (χ1v) is 13.2. The zero-order valence-corrected chi connectivity index (χ0v) is 22.3. The highest BCUT2D eigenvalue weighted by Gasteiger charge is 2.24. The molecular formula is C28H37N5O5. The van der Waals surface area contributed by atoms with Gasteiger partial charge in [-0.25, -0.2) is 0 Å². The Balaban J connectivity index is 1.69. The summed E-state index contributed by atoms with van der Waals surface area (Å²) in [6.45, 7) is 10.4.